The van der Waals surface area contributed by atoms with Gasteiger partial charge in [-0.25, -0.2) is 4.79 Å². The van der Waals surface area contributed by atoms with Crippen LogP contribution in [0.5, 0.6) is 17.2 Å². The highest BCUT2D eigenvalue weighted by Gasteiger charge is 2.40. The average Bonchev–Trinajstić information content (AvgIpc) is 2.75. The Labute approximate surface area is 182 Å². The maximum atomic E-state index is 11.6. The van der Waals surface area contributed by atoms with E-state index in [9.17, 15) is 9.90 Å². The minimum absolute atomic E-state index is 0.136. The highest BCUT2D eigenvalue weighted by molar-refractivity contribution is 5.89. The number of carbonyl (C=O) groups excluding carboxylic acids is 1. The minimum atomic E-state index is -0.730. The van der Waals surface area contributed by atoms with Gasteiger partial charge >= 0.3 is 5.97 Å². The van der Waals surface area contributed by atoms with Crippen LogP contribution in [0.3, 0.4) is 0 Å². The van der Waals surface area contributed by atoms with Crippen molar-refractivity contribution in [3.8, 4) is 17.2 Å². The number of hydrogen-bond acceptors (Lipinski definition) is 7. The smallest absolute Gasteiger partial charge is 0.337 e. The Morgan fingerprint density at radius 2 is 1.77 bits per heavy atom. The van der Waals surface area contributed by atoms with Crippen LogP contribution in [-0.4, -0.2) is 44.3 Å². The van der Waals surface area contributed by atoms with Crippen LogP contribution in [0, 0.1) is 20.8 Å². The van der Waals surface area contributed by atoms with Gasteiger partial charge in [0.15, 0.2) is 6.79 Å². The van der Waals surface area contributed by atoms with Crippen molar-refractivity contribution >= 4 is 5.97 Å². The van der Waals surface area contributed by atoms with Gasteiger partial charge < -0.3 is 28.8 Å². The molecule has 1 aliphatic rings. The molecule has 2 atom stereocenters. The van der Waals surface area contributed by atoms with Gasteiger partial charge in [-0.2, -0.15) is 0 Å². The van der Waals surface area contributed by atoms with E-state index >= 15 is 0 Å². The summed E-state index contributed by atoms with van der Waals surface area (Å²) >= 11 is 0. The van der Waals surface area contributed by atoms with Gasteiger partial charge in [0.2, 0.25) is 0 Å². The van der Waals surface area contributed by atoms with E-state index in [-0.39, 0.29) is 13.4 Å². The average molecular weight is 430 g/mol. The van der Waals surface area contributed by atoms with Gasteiger partial charge in [0.25, 0.3) is 0 Å². The van der Waals surface area contributed by atoms with Crippen LogP contribution in [-0.2, 0) is 9.47 Å². The SMILES string of the molecule is COCOc1c(C)c(C)c2c(c1C)C(O)CC(C)(COc1ccc(C(=O)OC)cc1)O2. The van der Waals surface area contributed by atoms with E-state index in [1.54, 1.807) is 31.4 Å². The molecule has 0 saturated carbocycles. The Morgan fingerprint density at radius 1 is 1.10 bits per heavy atom. The largest absolute Gasteiger partial charge is 0.489 e. The van der Waals surface area contributed by atoms with Crippen molar-refractivity contribution in [3.05, 3.63) is 52.1 Å². The first-order chi connectivity index (χ1) is 14.7. The minimum Gasteiger partial charge on any atom is -0.489 e. The van der Waals surface area contributed by atoms with Crippen LogP contribution in [0.25, 0.3) is 0 Å². The molecule has 1 N–H and O–H groups in total. The van der Waals surface area contributed by atoms with Crippen molar-refractivity contribution in [2.75, 3.05) is 27.6 Å². The van der Waals surface area contributed by atoms with Crippen molar-refractivity contribution in [1.82, 2.24) is 0 Å². The molecule has 168 valence electrons. The number of hydrogen-bond donors (Lipinski definition) is 1. The van der Waals surface area contributed by atoms with Crippen molar-refractivity contribution in [1.29, 1.82) is 0 Å². The number of esters is 1. The predicted octanol–water partition coefficient (Wildman–Crippen LogP) is 4.03. The Balaban J connectivity index is 1.81. The van der Waals surface area contributed by atoms with Gasteiger partial charge in [-0.3, -0.25) is 0 Å². The summed E-state index contributed by atoms with van der Waals surface area (Å²) in [6.45, 7) is 8.14. The first kappa shape index (κ1) is 22.9. The molecule has 1 aliphatic heterocycles. The molecule has 0 aliphatic carbocycles. The zero-order valence-corrected chi connectivity index (χ0v) is 18.9. The molecule has 0 amide bonds. The third kappa shape index (κ3) is 4.62. The van der Waals surface area contributed by atoms with E-state index < -0.39 is 17.7 Å². The molecule has 0 radical (unpaired) electrons. The predicted molar refractivity (Wildman–Crippen MR) is 115 cm³/mol. The van der Waals surface area contributed by atoms with Gasteiger partial charge in [-0.15, -0.1) is 0 Å². The maximum Gasteiger partial charge on any atom is 0.337 e. The van der Waals surface area contributed by atoms with Crippen molar-refractivity contribution in [2.45, 2.75) is 45.8 Å². The lowest BCUT2D eigenvalue weighted by molar-refractivity contribution is -0.0314. The van der Waals surface area contributed by atoms with E-state index in [1.165, 1.54) is 7.11 Å². The van der Waals surface area contributed by atoms with E-state index in [4.69, 9.17) is 23.7 Å². The van der Waals surface area contributed by atoms with Gasteiger partial charge in [-0.1, -0.05) is 0 Å². The van der Waals surface area contributed by atoms with E-state index in [1.807, 2.05) is 27.7 Å². The molecular weight excluding hydrogens is 400 g/mol. The third-order valence-electron chi connectivity index (χ3n) is 5.68. The molecule has 31 heavy (non-hydrogen) atoms. The van der Waals surface area contributed by atoms with E-state index in [2.05, 4.69) is 0 Å². The molecule has 0 fully saturated rings. The Morgan fingerprint density at radius 3 is 2.39 bits per heavy atom. The summed E-state index contributed by atoms with van der Waals surface area (Å²) in [7, 11) is 2.91. The molecule has 7 nitrogen and oxygen atoms in total. The van der Waals surface area contributed by atoms with Crippen molar-refractivity contribution < 1.29 is 33.6 Å². The number of methoxy groups -OCH3 is 2. The van der Waals surface area contributed by atoms with Gasteiger partial charge in [0.05, 0.1) is 18.8 Å². The topological polar surface area (TPSA) is 83.5 Å². The number of fused-ring (bicyclic) bond motifs is 1. The normalized spacial score (nSPS) is 19.9. The summed E-state index contributed by atoms with van der Waals surface area (Å²) < 4.78 is 27.8. The molecule has 7 heteroatoms. The van der Waals surface area contributed by atoms with Gasteiger partial charge in [0.1, 0.15) is 29.5 Å². The van der Waals surface area contributed by atoms with Crippen LogP contribution < -0.4 is 14.2 Å². The standard InChI is InChI=1S/C24H30O7/c1-14-15(2)22-20(16(3)21(14)30-13-27-5)19(25)11-24(4,31-22)12-29-18-9-7-17(8-10-18)23(26)28-6/h7-10,19,25H,11-13H2,1-6H3. The van der Waals surface area contributed by atoms with E-state index in [0.717, 1.165) is 22.3 Å². The maximum absolute atomic E-state index is 11.6. The molecular formula is C24H30O7. The number of aliphatic hydroxyl groups excluding tert-OH is 1. The molecule has 2 unspecified atom stereocenters. The molecule has 2 aromatic carbocycles. The highest BCUT2D eigenvalue weighted by atomic mass is 16.7. The van der Waals surface area contributed by atoms with Gasteiger partial charge in [-0.05, 0) is 63.1 Å². The van der Waals surface area contributed by atoms with Crippen LogP contribution in [0.15, 0.2) is 24.3 Å². The monoisotopic (exact) mass is 430 g/mol. The number of carbonyl (C=O) groups is 1. The number of aliphatic hydroxyl groups is 1. The van der Waals surface area contributed by atoms with Crippen LogP contribution >= 0.6 is 0 Å². The number of rotatable bonds is 7. The van der Waals surface area contributed by atoms with Crippen LogP contribution in [0.4, 0.5) is 0 Å². The first-order valence-electron chi connectivity index (χ1n) is 10.1. The van der Waals surface area contributed by atoms with Crippen molar-refractivity contribution in [3.63, 3.8) is 0 Å². The molecule has 0 saturated heterocycles. The summed E-state index contributed by atoms with van der Waals surface area (Å²) in [6, 6.07) is 6.71. The fourth-order valence-corrected chi connectivity index (χ4v) is 3.91. The fourth-order valence-electron chi connectivity index (χ4n) is 3.91. The van der Waals surface area contributed by atoms with Crippen LogP contribution in [0.1, 0.15) is 52.1 Å². The Kier molecular flexibility index (Phi) is 6.77. The lowest BCUT2D eigenvalue weighted by atomic mass is 9.85. The van der Waals surface area contributed by atoms with Crippen molar-refractivity contribution in [2.24, 2.45) is 0 Å². The molecule has 0 aromatic heterocycles. The molecule has 3 rings (SSSR count). The van der Waals surface area contributed by atoms with Crippen LogP contribution in [0.2, 0.25) is 0 Å². The Bertz CT molecular complexity index is 952. The highest BCUT2D eigenvalue weighted by Crippen LogP contribution is 2.48. The second-order valence-corrected chi connectivity index (χ2v) is 8.07. The molecule has 0 spiro atoms. The summed E-state index contributed by atoms with van der Waals surface area (Å²) in [6.07, 6.45) is -0.351. The zero-order valence-electron chi connectivity index (χ0n) is 18.9. The zero-order chi connectivity index (χ0) is 22.8. The second kappa shape index (κ2) is 9.16. The lowest BCUT2D eigenvalue weighted by Gasteiger charge is -2.40. The molecule has 2 aromatic rings. The summed E-state index contributed by atoms with van der Waals surface area (Å²) in [4.78, 5) is 11.6. The Hall–Kier alpha value is -2.77. The fraction of sp³-hybridized carbons (Fsp3) is 0.458. The molecule has 1 heterocycles. The third-order valence-corrected chi connectivity index (χ3v) is 5.68. The summed E-state index contributed by atoms with van der Waals surface area (Å²) in [5.74, 6) is 1.59. The summed E-state index contributed by atoms with van der Waals surface area (Å²) in [5.41, 5.74) is 3.18. The first-order valence-corrected chi connectivity index (χ1v) is 10.1. The van der Waals surface area contributed by atoms with E-state index in [0.29, 0.717) is 29.2 Å². The van der Waals surface area contributed by atoms with Gasteiger partial charge in [0, 0.05) is 24.7 Å². The quantitative estimate of drug-likeness (QED) is 0.524. The number of ether oxygens (including phenoxy) is 5. The molecule has 0 bridgehead atoms. The lowest BCUT2D eigenvalue weighted by Crippen LogP contribution is -2.44. The summed E-state index contributed by atoms with van der Waals surface area (Å²) in [5, 5.41) is 11.0. The second-order valence-electron chi connectivity index (χ2n) is 8.07. The number of benzene rings is 2.